The van der Waals surface area contributed by atoms with Crippen molar-refractivity contribution in [3.63, 3.8) is 0 Å². The average Bonchev–Trinajstić information content (AvgIpc) is 2.29. The molecule has 1 N–H and O–H groups in total. The van der Waals surface area contributed by atoms with Gasteiger partial charge in [-0.05, 0) is 36.8 Å². The molecule has 1 aromatic carbocycles. The Kier molecular flexibility index (Phi) is 5.72. The topological polar surface area (TPSA) is 55.8 Å². The van der Waals surface area contributed by atoms with E-state index in [9.17, 15) is 4.79 Å². The summed E-state index contributed by atoms with van der Waals surface area (Å²) < 4.78 is 11.2. The second-order valence-corrected chi connectivity index (χ2v) is 3.96. The first-order chi connectivity index (χ1) is 8.13. The second kappa shape index (κ2) is 7.09. The van der Waals surface area contributed by atoms with Gasteiger partial charge in [0.15, 0.2) is 6.79 Å². The molecule has 17 heavy (non-hydrogen) atoms. The van der Waals surface area contributed by atoms with Gasteiger partial charge in [0.25, 0.3) is 0 Å². The number of carbonyl (C=O) groups is 1. The van der Waals surface area contributed by atoms with Gasteiger partial charge in [0.1, 0.15) is 5.75 Å². The molecular weight excluding hydrogens is 288 g/mol. The molecule has 0 aromatic heterocycles. The minimum atomic E-state index is -0.988. The molecule has 1 rings (SSSR count). The second-order valence-electron chi connectivity index (χ2n) is 3.11. The summed E-state index contributed by atoms with van der Waals surface area (Å²) in [5, 5.41) is 8.55. The molecule has 0 aliphatic rings. The van der Waals surface area contributed by atoms with Crippen molar-refractivity contribution in [2.75, 3.05) is 13.4 Å². The molecule has 4 nitrogen and oxygen atoms in total. The lowest BCUT2D eigenvalue weighted by atomic mass is 10.2. The van der Waals surface area contributed by atoms with Crippen LogP contribution in [0.2, 0.25) is 0 Å². The maximum absolute atomic E-state index is 10.4. The van der Waals surface area contributed by atoms with Crippen molar-refractivity contribution in [3.8, 4) is 5.75 Å². The zero-order valence-corrected chi connectivity index (χ0v) is 10.9. The van der Waals surface area contributed by atoms with Crippen LogP contribution >= 0.6 is 15.9 Å². The number of hydrogen-bond acceptors (Lipinski definition) is 3. The van der Waals surface area contributed by atoms with Crippen molar-refractivity contribution in [2.45, 2.75) is 6.92 Å². The maximum Gasteiger partial charge on any atom is 0.328 e. The Morgan fingerprint density at radius 1 is 1.53 bits per heavy atom. The van der Waals surface area contributed by atoms with Crippen LogP contribution in [-0.2, 0) is 9.53 Å². The lowest BCUT2D eigenvalue weighted by Crippen LogP contribution is -2.02. The van der Waals surface area contributed by atoms with E-state index in [-0.39, 0.29) is 6.79 Å². The van der Waals surface area contributed by atoms with Crippen LogP contribution in [0.1, 0.15) is 12.5 Å². The van der Waals surface area contributed by atoms with Crippen molar-refractivity contribution in [3.05, 3.63) is 34.3 Å². The summed E-state index contributed by atoms with van der Waals surface area (Å²) in [7, 11) is 0. The highest BCUT2D eigenvalue weighted by Crippen LogP contribution is 2.23. The standard InChI is InChI=1S/C12H13BrO4/c1-2-16-8-17-10-4-5-11(13)9(7-10)3-6-12(14)15/h3-7H,2,8H2,1H3,(H,14,15)/b6-3+. The third kappa shape index (κ3) is 5.01. The summed E-state index contributed by atoms with van der Waals surface area (Å²) >= 11 is 3.33. The largest absolute Gasteiger partial charge is 0.478 e. The zero-order valence-electron chi connectivity index (χ0n) is 9.35. The van der Waals surface area contributed by atoms with Crippen molar-refractivity contribution in [1.82, 2.24) is 0 Å². The van der Waals surface area contributed by atoms with Crippen LogP contribution < -0.4 is 4.74 Å². The Balaban J connectivity index is 2.75. The quantitative estimate of drug-likeness (QED) is 0.498. The molecule has 0 saturated carbocycles. The Hall–Kier alpha value is -1.33. The average molecular weight is 301 g/mol. The number of benzene rings is 1. The lowest BCUT2D eigenvalue weighted by molar-refractivity contribution is -0.131. The predicted molar refractivity (Wildman–Crippen MR) is 67.9 cm³/mol. The Bertz CT molecular complexity index is 415. The minimum Gasteiger partial charge on any atom is -0.478 e. The first kappa shape index (κ1) is 13.7. The monoisotopic (exact) mass is 300 g/mol. The number of rotatable bonds is 6. The zero-order chi connectivity index (χ0) is 12.7. The van der Waals surface area contributed by atoms with Gasteiger partial charge in [0.05, 0.1) is 0 Å². The molecule has 0 fully saturated rings. The molecule has 0 atom stereocenters. The van der Waals surface area contributed by atoms with E-state index in [1.165, 1.54) is 6.08 Å². The van der Waals surface area contributed by atoms with E-state index in [2.05, 4.69) is 15.9 Å². The number of carboxylic acid groups (broad SMARTS) is 1. The SMILES string of the molecule is CCOCOc1ccc(Br)c(/C=C/C(=O)O)c1. The summed E-state index contributed by atoms with van der Waals surface area (Å²) in [6.07, 6.45) is 2.58. The van der Waals surface area contributed by atoms with Crippen LogP contribution in [-0.4, -0.2) is 24.5 Å². The summed E-state index contributed by atoms with van der Waals surface area (Å²) in [6.45, 7) is 2.65. The summed E-state index contributed by atoms with van der Waals surface area (Å²) in [4.78, 5) is 10.4. The number of ether oxygens (including phenoxy) is 2. The molecule has 0 saturated heterocycles. The van der Waals surface area contributed by atoms with E-state index in [4.69, 9.17) is 14.6 Å². The number of hydrogen-bond donors (Lipinski definition) is 1. The van der Waals surface area contributed by atoms with Crippen LogP contribution in [0.25, 0.3) is 6.08 Å². The minimum absolute atomic E-state index is 0.181. The van der Waals surface area contributed by atoms with Crippen LogP contribution in [0.3, 0.4) is 0 Å². The first-order valence-electron chi connectivity index (χ1n) is 5.04. The van der Waals surface area contributed by atoms with Gasteiger partial charge in [-0.15, -0.1) is 0 Å². The van der Waals surface area contributed by atoms with Gasteiger partial charge in [0.2, 0.25) is 0 Å². The first-order valence-corrected chi connectivity index (χ1v) is 5.84. The van der Waals surface area contributed by atoms with E-state index in [0.717, 1.165) is 16.1 Å². The number of carboxylic acids is 1. The van der Waals surface area contributed by atoms with E-state index < -0.39 is 5.97 Å². The van der Waals surface area contributed by atoms with Crippen LogP contribution in [0, 0.1) is 0 Å². The molecule has 0 unspecified atom stereocenters. The highest BCUT2D eigenvalue weighted by molar-refractivity contribution is 9.10. The van der Waals surface area contributed by atoms with Gasteiger partial charge in [-0.2, -0.15) is 0 Å². The molecule has 0 aliphatic carbocycles. The Morgan fingerprint density at radius 3 is 2.94 bits per heavy atom. The molecular formula is C12H13BrO4. The normalized spacial score (nSPS) is 10.7. The van der Waals surface area contributed by atoms with Gasteiger partial charge in [0, 0.05) is 17.2 Å². The van der Waals surface area contributed by atoms with Gasteiger partial charge < -0.3 is 14.6 Å². The van der Waals surface area contributed by atoms with Gasteiger partial charge in [-0.25, -0.2) is 4.79 Å². The van der Waals surface area contributed by atoms with E-state index in [1.807, 2.05) is 6.92 Å². The predicted octanol–water partition coefficient (Wildman–Crippen LogP) is 2.92. The van der Waals surface area contributed by atoms with Gasteiger partial charge >= 0.3 is 5.97 Å². The number of halogens is 1. The molecule has 0 amide bonds. The maximum atomic E-state index is 10.4. The van der Waals surface area contributed by atoms with E-state index in [1.54, 1.807) is 18.2 Å². The summed E-state index contributed by atoms with van der Waals surface area (Å²) in [5.74, 6) is -0.357. The molecule has 0 radical (unpaired) electrons. The van der Waals surface area contributed by atoms with E-state index >= 15 is 0 Å². The molecule has 0 bridgehead atoms. The third-order valence-corrected chi connectivity index (χ3v) is 2.61. The van der Waals surface area contributed by atoms with Crippen LogP contribution in [0.15, 0.2) is 28.7 Å². The summed E-state index contributed by atoms with van der Waals surface area (Å²) in [6, 6.07) is 5.31. The van der Waals surface area contributed by atoms with Crippen molar-refractivity contribution in [2.24, 2.45) is 0 Å². The van der Waals surface area contributed by atoms with Crippen molar-refractivity contribution in [1.29, 1.82) is 0 Å². The smallest absolute Gasteiger partial charge is 0.328 e. The fourth-order valence-corrected chi connectivity index (χ4v) is 1.47. The fraction of sp³-hybridized carbons (Fsp3) is 0.250. The van der Waals surface area contributed by atoms with Crippen LogP contribution in [0.5, 0.6) is 5.75 Å². The lowest BCUT2D eigenvalue weighted by Gasteiger charge is -2.07. The molecule has 5 heteroatoms. The molecule has 0 heterocycles. The molecule has 0 spiro atoms. The van der Waals surface area contributed by atoms with Crippen LogP contribution in [0.4, 0.5) is 0 Å². The highest BCUT2D eigenvalue weighted by Gasteiger charge is 2.00. The van der Waals surface area contributed by atoms with Gasteiger partial charge in [-0.3, -0.25) is 0 Å². The highest BCUT2D eigenvalue weighted by atomic mass is 79.9. The van der Waals surface area contributed by atoms with Gasteiger partial charge in [-0.1, -0.05) is 15.9 Å². The number of aliphatic carboxylic acids is 1. The Labute approximate surface area is 108 Å². The van der Waals surface area contributed by atoms with Crippen molar-refractivity contribution >= 4 is 28.0 Å². The Morgan fingerprint density at radius 2 is 2.29 bits per heavy atom. The van der Waals surface area contributed by atoms with E-state index in [0.29, 0.717) is 12.4 Å². The van der Waals surface area contributed by atoms with Crippen molar-refractivity contribution < 1.29 is 19.4 Å². The summed E-state index contributed by atoms with van der Waals surface area (Å²) in [5.41, 5.74) is 0.737. The molecule has 0 aliphatic heterocycles. The molecule has 92 valence electrons. The fourth-order valence-electron chi connectivity index (χ4n) is 1.09. The third-order valence-electron chi connectivity index (χ3n) is 1.89. The molecule has 1 aromatic rings.